The molecule has 0 spiro atoms. The zero-order valence-electron chi connectivity index (χ0n) is 14.5. The van der Waals surface area contributed by atoms with Gasteiger partial charge in [-0.25, -0.2) is 9.97 Å². The second-order valence-electron chi connectivity index (χ2n) is 5.87. The number of halogens is 1. The van der Waals surface area contributed by atoms with Gasteiger partial charge in [0.15, 0.2) is 5.65 Å². The van der Waals surface area contributed by atoms with Gasteiger partial charge in [0.1, 0.15) is 23.7 Å². The maximum Gasteiger partial charge on any atom is 0.162 e. The zero-order valence-corrected chi connectivity index (χ0v) is 16.1. The number of aryl methyl sites for hydroxylation is 1. The molecule has 0 atom stereocenters. The van der Waals surface area contributed by atoms with Gasteiger partial charge in [-0.1, -0.05) is 17.7 Å². The molecule has 4 rings (SSSR count). The molecule has 4 aromatic rings. The van der Waals surface area contributed by atoms with Crippen molar-refractivity contribution in [2.24, 2.45) is 7.05 Å². The molecule has 136 valence electrons. The van der Waals surface area contributed by atoms with E-state index in [1.54, 1.807) is 41.4 Å². The van der Waals surface area contributed by atoms with Crippen LogP contribution in [0.3, 0.4) is 0 Å². The first-order chi connectivity index (χ1) is 13.2. The Balaban J connectivity index is 1.53. The minimum absolute atomic E-state index is 0.452. The Hall–Kier alpha value is -2.64. The zero-order chi connectivity index (χ0) is 18.6. The van der Waals surface area contributed by atoms with E-state index in [1.807, 2.05) is 37.4 Å². The monoisotopic (exact) mass is 397 g/mol. The molecule has 0 saturated carbocycles. The Labute approximate surface area is 165 Å². The van der Waals surface area contributed by atoms with Crippen LogP contribution in [-0.2, 0) is 19.4 Å². The third-order valence-corrected chi connectivity index (χ3v) is 5.29. The van der Waals surface area contributed by atoms with Gasteiger partial charge in [-0.15, -0.1) is 11.8 Å². The Bertz CT molecular complexity index is 1070. The van der Waals surface area contributed by atoms with E-state index in [-0.39, 0.29) is 0 Å². The van der Waals surface area contributed by atoms with Crippen molar-refractivity contribution in [3.8, 4) is 5.75 Å². The summed E-state index contributed by atoms with van der Waals surface area (Å²) in [4.78, 5) is 12.8. The van der Waals surface area contributed by atoms with E-state index in [4.69, 9.17) is 16.3 Å². The van der Waals surface area contributed by atoms with Crippen LogP contribution < -0.4 is 4.74 Å². The fourth-order valence-corrected chi connectivity index (χ4v) is 3.78. The SMILES string of the molecule is Cn1ncc2c(SCc3cc(Cl)ccc3OCc3cccnc3)ncnc21. The fourth-order valence-electron chi connectivity index (χ4n) is 2.65. The van der Waals surface area contributed by atoms with Crippen molar-refractivity contribution < 1.29 is 4.74 Å². The largest absolute Gasteiger partial charge is 0.489 e. The van der Waals surface area contributed by atoms with Crippen LogP contribution in [0.2, 0.25) is 5.02 Å². The van der Waals surface area contributed by atoms with E-state index in [9.17, 15) is 0 Å². The van der Waals surface area contributed by atoms with Crippen LogP contribution >= 0.6 is 23.4 Å². The van der Waals surface area contributed by atoms with Crippen molar-refractivity contribution in [2.75, 3.05) is 0 Å². The summed E-state index contributed by atoms with van der Waals surface area (Å²) in [5, 5.41) is 6.75. The molecule has 0 fully saturated rings. The van der Waals surface area contributed by atoms with E-state index in [1.165, 1.54) is 0 Å². The molecule has 0 saturated heterocycles. The molecule has 0 amide bonds. The van der Waals surface area contributed by atoms with Crippen LogP contribution in [0.15, 0.2) is 60.3 Å². The lowest BCUT2D eigenvalue weighted by atomic mass is 10.2. The van der Waals surface area contributed by atoms with Crippen molar-refractivity contribution in [3.63, 3.8) is 0 Å². The van der Waals surface area contributed by atoms with Gasteiger partial charge in [0.25, 0.3) is 0 Å². The Morgan fingerprint density at radius 3 is 2.96 bits per heavy atom. The maximum absolute atomic E-state index is 6.20. The van der Waals surface area contributed by atoms with Crippen LogP contribution in [0.5, 0.6) is 5.75 Å². The highest BCUT2D eigenvalue weighted by molar-refractivity contribution is 7.98. The van der Waals surface area contributed by atoms with E-state index < -0.39 is 0 Å². The van der Waals surface area contributed by atoms with Gasteiger partial charge in [0.2, 0.25) is 0 Å². The number of pyridine rings is 1. The lowest BCUT2D eigenvalue weighted by molar-refractivity contribution is 0.303. The maximum atomic E-state index is 6.20. The number of rotatable bonds is 6. The van der Waals surface area contributed by atoms with Gasteiger partial charge >= 0.3 is 0 Å². The third kappa shape index (κ3) is 4.04. The molecule has 0 aliphatic carbocycles. The quantitative estimate of drug-likeness (QED) is 0.357. The molecule has 3 heterocycles. The number of benzene rings is 1. The Morgan fingerprint density at radius 2 is 2.11 bits per heavy atom. The lowest BCUT2D eigenvalue weighted by Crippen LogP contribution is -1.99. The molecule has 0 radical (unpaired) electrons. The highest BCUT2D eigenvalue weighted by Gasteiger charge is 2.11. The van der Waals surface area contributed by atoms with Gasteiger partial charge < -0.3 is 4.74 Å². The van der Waals surface area contributed by atoms with Gasteiger partial charge in [0, 0.05) is 41.3 Å². The summed E-state index contributed by atoms with van der Waals surface area (Å²) < 4.78 is 7.74. The first-order valence-corrected chi connectivity index (χ1v) is 9.63. The number of hydrogen-bond acceptors (Lipinski definition) is 6. The van der Waals surface area contributed by atoms with E-state index in [2.05, 4.69) is 20.1 Å². The molecule has 27 heavy (non-hydrogen) atoms. The second-order valence-corrected chi connectivity index (χ2v) is 7.28. The molecular formula is C19H16ClN5OS. The molecule has 0 aliphatic rings. The standard InChI is InChI=1S/C19H16ClN5OS/c1-25-18-16(9-24-25)19(23-12-22-18)27-11-14-7-15(20)4-5-17(14)26-10-13-3-2-6-21-8-13/h2-9,12H,10-11H2,1H3. The van der Waals surface area contributed by atoms with Crippen molar-refractivity contribution in [2.45, 2.75) is 17.4 Å². The topological polar surface area (TPSA) is 65.7 Å². The molecule has 1 aromatic carbocycles. The van der Waals surface area contributed by atoms with E-state index in [0.717, 1.165) is 32.9 Å². The van der Waals surface area contributed by atoms with Crippen molar-refractivity contribution >= 4 is 34.4 Å². The first-order valence-electron chi connectivity index (χ1n) is 8.26. The molecule has 0 N–H and O–H groups in total. The first kappa shape index (κ1) is 17.8. The summed E-state index contributed by atoms with van der Waals surface area (Å²) in [6.07, 6.45) is 6.89. The van der Waals surface area contributed by atoms with E-state index in [0.29, 0.717) is 17.4 Å². The lowest BCUT2D eigenvalue weighted by Gasteiger charge is -2.12. The summed E-state index contributed by atoms with van der Waals surface area (Å²) in [6, 6.07) is 9.53. The van der Waals surface area contributed by atoms with Gasteiger partial charge in [-0.3, -0.25) is 9.67 Å². The number of thioether (sulfide) groups is 1. The number of ether oxygens (including phenoxy) is 1. The molecule has 3 aromatic heterocycles. The highest BCUT2D eigenvalue weighted by Crippen LogP contribution is 2.32. The average molecular weight is 398 g/mol. The van der Waals surface area contributed by atoms with E-state index >= 15 is 0 Å². The number of fused-ring (bicyclic) bond motifs is 1. The predicted octanol–water partition coefficient (Wildman–Crippen LogP) is 4.28. The summed E-state index contributed by atoms with van der Waals surface area (Å²) in [5.74, 6) is 1.47. The molecule has 0 aliphatic heterocycles. The summed E-state index contributed by atoms with van der Waals surface area (Å²) in [5.41, 5.74) is 2.83. The van der Waals surface area contributed by atoms with Gasteiger partial charge in [-0.05, 0) is 24.3 Å². The molecule has 6 nitrogen and oxygen atoms in total. The van der Waals surface area contributed by atoms with Crippen LogP contribution in [0.25, 0.3) is 11.0 Å². The minimum atomic E-state index is 0.452. The normalized spacial score (nSPS) is 11.0. The van der Waals surface area contributed by atoms with Crippen LogP contribution in [0, 0.1) is 0 Å². The molecule has 0 bridgehead atoms. The summed E-state index contributed by atoms with van der Waals surface area (Å²) >= 11 is 7.81. The Kier molecular flexibility index (Phi) is 5.22. The van der Waals surface area contributed by atoms with Crippen molar-refractivity contribution in [1.29, 1.82) is 0 Å². The van der Waals surface area contributed by atoms with Crippen LogP contribution in [0.1, 0.15) is 11.1 Å². The van der Waals surface area contributed by atoms with Crippen LogP contribution in [0.4, 0.5) is 0 Å². The van der Waals surface area contributed by atoms with Crippen LogP contribution in [-0.4, -0.2) is 24.7 Å². The average Bonchev–Trinajstić information content (AvgIpc) is 3.08. The van der Waals surface area contributed by atoms with Crippen molar-refractivity contribution in [1.82, 2.24) is 24.7 Å². The van der Waals surface area contributed by atoms with Gasteiger partial charge in [-0.2, -0.15) is 5.10 Å². The molecular weight excluding hydrogens is 382 g/mol. The van der Waals surface area contributed by atoms with Gasteiger partial charge in [0.05, 0.1) is 11.6 Å². The number of hydrogen-bond donors (Lipinski definition) is 0. The third-order valence-electron chi connectivity index (χ3n) is 4.00. The summed E-state index contributed by atoms with van der Waals surface area (Å²) in [7, 11) is 1.87. The minimum Gasteiger partial charge on any atom is -0.489 e. The highest BCUT2D eigenvalue weighted by atomic mass is 35.5. The molecule has 0 unspecified atom stereocenters. The summed E-state index contributed by atoms with van der Waals surface area (Å²) in [6.45, 7) is 0.452. The smallest absolute Gasteiger partial charge is 0.162 e. The fraction of sp³-hybridized carbons (Fsp3) is 0.158. The predicted molar refractivity (Wildman–Crippen MR) is 106 cm³/mol. The second kappa shape index (κ2) is 7.94. The number of aromatic nitrogens is 5. The van der Waals surface area contributed by atoms with Crippen molar-refractivity contribution in [3.05, 3.63) is 71.4 Å². The molecule has 8 heteroatoms. The Morgan fingerprint density at radius 1 is 1.19 bits per heavy atom. The number of nitrogens with zero attached hydrogens (tertiary/aromatic N) is 5.